The summed E-state index contributed by atoms with van der Waals surface area (Å²) in [5.41, 5.74) is 2.73. The van der Waals surface area contributed by atoms with Crippen molar-refractivity contribution in [2.24, 2.45) is 0 Å². The molecule has 2 heterocycles. The Morgan fingerprint density at radius 1 is 1.08 bits per heavy atom. The molecule has 0 spiro atoms. The molecule has 2 aromatic heterocycles. The molecule has 0 fully saturated rings. The van der Waals surface area contributed by atoms with Crippen molar-refractivity contribution in [1.82, 2.24) is 20.0 Å². The molecule has 128 valence electrons. The van der Waals surface area contributed by atoms with E-state index in [2.05, 4.69) is 20.6 Å². The number of nitrogens with one attached hydrogen (secondary N) is 1. The van der Waals surface area contributed by atoms with Crippen LogP contribution >= 0.6 is 0 Å². The Labute approximate surface area is 149 Å². The number of aromatic nitrogens is 4. The minimum atomic E-state index is -0.244. The topological polar surface area (TPSA) is 85.8 Å². The molecule has 1 N–H and O–H groups in total. The van der Waals surface area contributed by atoms with E-state index in [0.29, 0.717) is 23.0 Å². The third-order valence-corrected chi connectivity index (χ3v) is 3.76. The maximum absolute atomic E-state index is 12.5. The van der Waals surface area contributed by atoms with E-state index in [4.69, 9.17) is 4.42 Å². The highest BCUT2D eigenvalue weighted by molar-refractivity contribution is 6.04. The first-order valence-corrected chi connectivity index (χ1v) is 8.01. The molecule has 26 heavy (non-hydrogen) atoms. The van der Waals surface area contributed by atoms with Crippen LogP contribution in [0.5, 0.6) is 0 Å². The lowest BCUT2D eigenvalue weighted by atomic mass is 10.2. The lowest BCUT2D eigenvalue weighted by Gasteiger charge is -2.04. The van der Waals surface area contributed by atoms with Crippen molar-refractivity contribution in [3.05, 3.63) is 78.4 Å². The van der Waals surface area contributed by atoms with Gasteiger partial charge in [0.25, 0.3) is 5.91 Å². The van der Waals surface area contributed by atoms with E-state index < -0.39 is 0 Å². The molecular weight excluding hydrogens is 330 g/mol. The van der Waals surface area contributed by atoms with Crippen molar-refractivity contribution in [3.8, 4) is 17.1 Å². The maximum atomic E-state index is 12.5. The first kappa shape index (κ1) is 15.8. The van der Waals surface area contributed by atoms with E-state index in [0.717, 1.165) is 11.3 Å². The Bertz CT molecular complexity index is 1050. The smallest absolute Gasteiger partial charge is 0.258 e. The van der Waals surface area contributed by atoms with E-state index in [9.17, 15) is 4.79 Å². The molecule has 0 aliphatic heterocycles. The zero-order valence-electron chi connectivity index (χ0n) is 14.0. The van der Waals surface area contributed by atoms with Gasteiger partial charge in [-0.3, -0.25) is 4.79 Å². The first-order valence-electron chi connectivity index (χ1n) is 8.01. The van der Waals surface area contributed by atoms with Gasteiger partial charge in [0.05, 0.1) is 17.4 Å². The molecule has 0 unspecified atom stereocenters. The lowest BCUT2D eigenvalue weighted by molar-refractivity contribution is 0.102. The lowest BCUT2D eigenvalue weighted by Crippen LogP contribution is -2.11. The number of benzene rings is 2. The average Bonchev–Trinajstić information content (AvgIpc) is 3.32. The molecule has 0 radical (unpaired) electrons. The van der Waals surface area contributed by atoms with E-state index in [1.165, 1.54) is 6.20 Å². The molecule has 0 saturated heterocycles. The molecule has 1 amide bonds. The summed E-state index contributed by atoms with van der Waals surface area (Å²) in [7, 11) is 0. The van der Waals surface area contributed by atoms with Crippen LogP contribution in [0.15, 0.2) is 71.4 Å². The second-order valence-corrected chi connectivity index (χ2v) is 5.67. The van der Waals surface area contributed by atoms with E-state index in [1.54, 1.807) is 29.9 Å². The molecule has 7 nitrogen and oxygen atoms in total. The van der Waals surface area contributed by atoms with Gasteiger partial charge >= 0.3 is 0 Å². The van der Waals surface area contributed by atoms with Gasteiger partial charge in [-0.05, 0) is 30.3 Å². The molecule has 0 aliphatic rings. The fraction of sp³-hybridized carbons (Fsp3) is 0.0526. The summed E-state index contributed by atoms with van der Waals surface area (Å²) in [5, 5.41) is 14.9. The summed E-state index contributed by atoms with van der Waals surface area (Å²) in [4.78, 5) is 12.5. The maximum Gasteiger partial charge on any atom is 0.258 e. The Balaban J connectivity index is 1.53. The standard InChI is InChI=1S/C19H15N5O2/c1-13-22-23-19(26-13)14-6-5-7-16(10-14)21-18(25)15-11-20-24(12-15)17-8-3-2-4-9-17/h2-12H,1H3,(H,21,25). The highest BCUT2D eigenvalue weighted by Gasteiger charge is 2.11. The highest BCUT2D eigenvalue weighted by Crippen LogP contribution is 2.21. The number of anilines is 1. The molecule has 0 atom stereocenters. The summed E-state index contributed by atoms with van der Waals surface area (Å²) in [6.45, 7) is 1.73. The van der Waals surface area contributed by atoms with Gasteiger partial charge in [-0.2, -0.15) is 5.10 Å². The van der Waals surface area contributed by atoms with E-state index in [-0.39, 0.29) is 5.91 Å². The second-order valence-electron chi connectivity index (χ2n) is 5.67. The Morgan fingerprint density at radius 3 is 2.69 bits per heavy atom. The van der Waals surface area contributed by atoms with Crippen LogP contribution in [0.3, 0.4) is 0 Å². The van der Waals surface area contributed by atoms with Crippen molar-refractivity contribution in [3.63, 3.8) is 0 Å². The second kappa shape index (κ2) is 6.64. The van der Waals surface area contributed by atoms with Crippen LogP contribution in [-0.2, 0) is 0 Å². The number of carbonyl (C=O) groups is 1. The van der Waals surface area contributed by atoms with Crippen LogP contribution in [0.4, 0.5) is 5.69 Å². The van der Waals surface area contributed by atoms with Crippen molar-refractivity contribution >= 4 is 11.6 Å². The third kappa shape index (κ3) is 3.23. The summed E-state index contributed by atoms with van der Waals surface area (Å²) in [6.07, 6.45) is 3.23. The number of nitrogens with zero attached hydrogens (tertiary/aromatic N) is 4. The Morgan fingerprint density at radius 2 is 1.92 bits per heavy atom. The molecule has 0 saturated carbocycles. The Kier molecular flexibility index (Phi) is 4.03. The van der Waals surface area contributed by atoms with Crippen LogP contribution in [0.2, 0.25) is 0 Å². The van der Waals surface area contributed by atoms with Crippen molar-refractivity contribution < 1.29 is 9.21 Å². The minimum absolute atomic E-state index is 0.244. The summed E-state index contributed by atoms with van der Waals surface area (Å²) < 4.78 is 7.08. The normalized spacial score (nSPS) is 10.7. The number of aryl methyl sites for hydroxylation is 1. The predicted octanol–water partition coefficient (Wildman–Crippen LogP) is 3.48. The van der Waals surface area contributed by atoms with Crippen molar-refractivity contribution in [1.29, 1.82) is 0 Å². The molecule has 2 aromatic carbocycles. The molecule has 0 aliphatic carbocycles. The Hall–Kier alpha value is -3.74. The zero-order chi connectivity index (χ0) is 17.9. The number of amides is 1. The van der Waals surface area contributed by atoms with Crippen LogP contribution in [-0.4, -0.2) is 25.9 Å². The number of hydrogen-bond donors (Lipinski definition) is 1. The van der Waals surface area contributed by atoms with Gasteiger partial charge < -0.3 is 9.73 Å². The van der Waals surface area contributed by atoms with Crippen LogP contribution in [0.25, 0.3) is 17.1 Å². The van der Waals surface area contributed by atoms with Crippen molar-refractivity contribution in [2.75, 3.05) is 5.32 Å². The summed E-state index contributed by atoms with van der Waals surface area (Å²) in [5.74, 6) is 0.657. The number of para-hydroxylation sites is 1. The zero-order valence-corrected chi connectivity index (χ0v) is 14.0. The van der Waals surface area contributed by atoms with Crippen molar-refractivity contribution in [2.45, 2.75) is 6.92 Å². The predicted molar refractivity (Wildman–Crippen MR) is 96.0 cm³/mol. The largest absolute Gasteiger partial charge is 0.421 e. The van der Waals surface area contributed by atoms with Crippen LogP contribution in [0, 0.1) is 6.92 Å². The van der Waals surface area contributed by atoms with E-state index >= 15 is 0 Å². The minimum Gasteiger partial charge on any atom is -0.421 e. The fourth-order valence-electron chi connectivity index (χ4n) is 2.51. The molecule has 4 aromatic rings. The number of rotatable bonds is 4. The number of hydrogen-bond acceptors (Lipinski definition) is 5. The van der Waals surface area contributed by atoms with Gasteiger partial charge in [0.2, 0.25) is 11.8 Å². The van der Waals surface area contributed by atoms with Gasteiger partial charge in [-0.15, -0.1) is 10.2 Å². The molecule has 0 bridgehead atoms. The van der Waals surface area contributed by atoms with Gasteiger partial charge in [-0.1, -0.05) is 24.3 Å². The third-order valence-electron chi connectivity index (χ3n) is 3.76. The average molecular weight is 345 g/mol. The quantitative estimate of drug-likeness (QED) is 0.612. The fourth-order valence-corrected chi connectivity index (χ4v) is 2.51. The summed E-state index contributed by atoms with van der Waals surface area (Å²) >= 11 is 0. The molecular formula is C19H15N5O2. The van der Waals surface area contributed by atoms with Gasteiger partial charge in [0, 0.05) is 24.4 Å². The van der Waals surface area contributed by atoms with E-state index in [1.807, 2.05) is 42.5 Å². The van der Waals surface area contributed by atoms with Gasteiger partial charge in [0.15, 0.2) is 0 Å². The van der Waals surface area contributed by atoms with Crippen LogP contribution < -0.4 is 5.32 Å². The number of carbonyl (C=O) groups excluding carboxylic acids is 1. The highest BCUT2D eigenvalue weighted by atomic mass is 16.4. The first-order chi connectivity index (χ1) is 12.7. The van der Waals surface area contributed by atoms with Crippen LogP contribution in [0.1, 0.15) is 16.2 Å². The van der Waals surface area contributed by atoms with Gasteiger partial charge in [0.1, 0.15) is 0 Å². The van der Waals surface area contributed by atoms with Gasteiger partial charge in [-0.25, -0.2) is 4.68 Å². The molecule has 4 rings (SSSR count). The SMILES string of the molecule is Cc1nnc(-c2cccc(NC(=O)c3cnn(-c4ccccc4)c3)c2)o1. The molecule has 7 heteroatoms. The monoisotopic (exact) mass is 345 g/mol. The summed E-state index contributed by atoms with van der Waals surface area (Å²) in [6, 6.07) is 16.9.